The Morgan fingerprint density at radius 3 is 2.61 bits per heavy atom. The number of ether oxygens (including phenoxy) is 1. The van der Waals surface area contributed by atoms with Crippen LogP contribution < -0.4 is 15.4 Å². The molecule has 4 atom stereocenters. The third-order valence-electron chi connectivity index (χ3n) is 5.59. The van der Waals surface area contributed by atoms with Gasteiger partial charge in [-0.15, -0.1) is 0 Å². The van der Waals surface area contributed by atoms with Gasteiger partial charge in [-0.05, 0) is 42.0 Å². The summed E-state index contributed by atoms with van der Waals surface area (Å²) in [5.41, 5.74) is 1.61. The van der Waals surface area contributed by atoms with Crippen molar-refractivity contribution in [1.29, 1.82) is 0 Å². The van der Waals surface area contributed by atoms with Crippen LogP contribution in [0.5, 0.6) is 5.75 Å². The van der Waals surface area contributed by atoms with E-state index in [-0.39, 0.29) is 35.5 Å². The zero-order valence-corrected chi connectivity index (χ0v) is 15.7. The number of anilines is 1. The van der Waals surface area contributed by atoms with Crippen molar-refractivity contribution in [2.45, 2.75) is 13.0 Å². The van der Waals surface area contributed by atoms with Crippen molar-refractivity contribution in [2.75, 3.05) is 12.4 Å². The first kappa shape index (κ1) is 18.2. The molecule has 1 aromatic heterocycles. The first-order chi connectivity index (χ1) is 13.7. The lowest BCUT2D eigenvalue weighted by atomic mass is 9.81. The predicted molar refractivity (Wildman–Crippen MR) is 105 cm³/mol. The second-order valence-corrected chi connectivity index (χ2v) is 7.30. The Labute approximate surface area is 164 Å². The summed E-state index contributed by atoms with van der Waals surface area (Å²) in [6.07, 6.45) is 8.43. The number of allylic oxidation sites excluding steroid dienone is 2. The minimum Gasteiger partial charge on any atom is -0.497 e. The number of hydrogen-bond acceptors (Lipinski definition) is 4. The maximum atomic E-state index is 13.0. The summed E-state index contributed by atoms with van der Waals surface area (Å²) in [6.45, 7) is 0.411. The van der Waals surface area contributed by atoms with Crippen LogP contribution in [-0.4, -0.2) is 23.9 Å². The summed E-state index contributed by atoms with van der Waals surface area (Å²) in [4.78, 5) is 30.0. The summed E-state index contributed by atoms with van der Waals surface area (Å²) in [5.74, 6) is -0.0217. The fraction of sp³-hybridized carbons (Fsp3) is 0.318. The Bertz CT molecular complexity index is 897. The molecule has 6 nitrogen and oxygen atoms in total. The van der Waals surface area contributed by atoms with Gasteiger partial charge in [0.2, 0.25) is 11.8 Å². The molecule has 6 heteroatoms. The van der Waals surface area contributed by atoms with E-state index in [1.807, 2.05) is 30.3 Å². The fourth-order valence-corrected chi connectivity index (χ4v) is 4.27. The van der Waals surface area contributed by atoms with Gasteiger partial charge in [0.1, 0.15) is 5.75 Å². The average molecular weight is 377 g/mol. The Kier molecular flexibility index (Phi) is 5.10. The molecule has 2 bridgehead atoms. The quantitative estimate of drug-likeness (QED) is 0.759. The van der Waals surface area contributed by atoms with E-state index < -0.39 is 0 Å². The Morgan fingerprint density at radius 2 is 1.89 bits per heavy atom. The molecule has 2 N–H and O–H groups in total. The van der Waals surface area contributed by atoms with Gasteiger partial charge in [-0.25, -0.2) is 0 Å². The average Bonchev–Trinajstić information content (AvgIpc) is 3.34. The number of aromatic nitrogens is 1. The molecule has 2 aliphatic rings. The zero-order valence-electron chi connectivity index (χ0n) is 15.7. The maximum Gasteiger partial charge on any atom is 0.228 e. The highest BCUT2D eigenvalue weighted by Gasteiger charge is 2.51. The lowest BCUT2D eigenvalue weighted by Crippen LogP contribution is -2.41. The van der Waals surface area contributed by atoms with Gasteiger partial charge in [0.25, 0.3) is 0 Å². The fourth-order valence-electron chi connectivity index (χ4n) is 4.27. The molecule has 0 aliphatic heterocycles. The van der Waals surface area contributed by atoms with Crippen molar-refractivity contribution in [2.24, 2.45) is 23.7 Å². The SMILES string of the molecule is COc1cccc(NC(=O)C2C3C=CC(C3)C2C(=O)NCc2cccnc2)c1. The topological polar surface area (TPSA) is 80.3 Å². The number of benzene rings is 1. The summed E-state index contributed by atoms with van der Waals surface area (Å²) in [7, 11) is 1.59. The van der Waals surface area contributed by atoms with Gasteiger partial charge >= 0.3 is 0 Å². The minimum absolute atomic E-state index is 0.0773. The Balaban J connectivity index is 1.46. The van der Waals surface area contributed by atoms with Gasteiger partial charge in [-0.3, -0.25) is 14.6 Å². The molecule has 1 saturated carbocycles. The third kappa shape index (κ3) is 3.63. The second kappa shape index (κ2) is 7.84. The summed E-state index contributed by atoms with van der Waals surface area (Å²) >= 11 is 0. The first-order valence-electron chi connectivity index (χ1n) is 9.45. The van der Waals surface area contributed by atoms with Gasteiger partial charge in [-0.2, -0.15) is 0 Å². The van der Waals surface area contributed by atoms with Crippen molar-refractivity contribution >= 4 is 17.5 Å². The number of fused-ring (bicyclic) bond motifs is 2. The van der Waals surface area contributed by atoms with Gasteiger partial charge in [0.05, 0.1) is 18.9 Å². The zero-order chi connectivity index (χ0) is 19.5. The van der Waals surface area contributed by atoms with E-state index in [1.165, 1.54) is 0 Å². The Morgan fingerprint density at radius 1 is 1.11 bits per heavy atom. The van der Waals surface area contributed by atoms with Crippen LogP contribution in [-0.2, 0) is 16.1 Å². The maximum absolute atomic E-state index is 13.0. The largest absolute Gasteiger partial charge is 0.497 e. The summed E-state index contributed by atoms with van der Waals surface area (Å²) < 4.78 is 5.21. The number of carbonyl (C=O) groups excluding carboxylic acids is 2. The smallest absolute Gasteiger partial charge is 0.228 e. The number of methoxy groups -OCH3 is 1. The number of carbonyl (C=O) groups is 2. The molecule has 1 fully saturated rings. The third-order valence-corrected chi connectivity index (χ3v) is 5.59. The summed E-state index contributed by atoms with van der Waals surface area (Å²) in [5, 5.41) is 5.94. The van der Waals surface area contributed by atoms with Gasteiger partial charge in [-0.1, -0.05) is 24.3 Å². The molecule has 28 heavy (non-hydrogen) atoms. The van der Waals surface area contributed by atoms with E-state index in [0.717, 1.165) is 12.0 Å². The van der Waals surface area contributed by atoms with Gasteiger partial charge in [0, 0.05) is 30.7 Å². The van der Waals surface area contributed by atoms with Crippen LogP contribution in [0, 0.1) is 23.7 Å². The summed E-state index contributed by atoms with van der Waals surface area (Å²) in [6, 6.07) is 11.0. The van der Waals surface area contributed by atoms with E-state index in [4.69, 9.17) is 4.74 Å². The molecule has 0 radical (unpaired) electrons. The molecule has 144 valence electrons. The highest BCUT2D eigenvalue weighted by Crippen LogP contribution is 2.48. The molecule has 1 heterocycles. The van der Waals surface area contributed by atoms with Crippen molar-refractivity contribution in [3.8, 4) is 5.75 Å². The van der Waals surface area contributed by atoms with E-state index in [9.17, 15) is 9.59 Å². The Hall–Kier alpha value is -3.15. The molecule has 0 spiro atoms. The number of hydrogen-bond donors (Lipinski definition) is 2. The van der Waals surface area contributed by atoms with Crippen LogP contribution in [0.1, 0.15) is 12.0 Å². The van der Waals surface area contributed by atoms with Gasteiger partial charge in [0.15, 0.2) is 0 Å². The van der Waals surface area contributed by atoms with Crippen molar-refractivity contribution in [3.05, 3.63) is 66.5 Å². The molecule has 2 amide bonds. The highest BCUT2D eigenvalue weighted by molar-refractivity contribution is 5.97. The van der Waals surface area contributed by atoms with E-state index in [2.05, 4.69) is 27.8 Å². The molecular formula is C22H23N3O3. The monoisotopic (exact) mass is 377 g/mol. The van der Waals surface area contributed by atoms with Gasteiger partial charge < -0.3 is 15.4 Å². The lowest BCUT2D eigenvalue weighted by molar-refractivity contribution is -0.133. The van der Waals surface area contributed by atoms with Crippen molar-refractivity contribution < 1.29 is 14.3 Å². The first-order valence-corrected chi connectivity index (χ1v) is 9.45. The predicted octanol–water partition coefficient (Wildman–Crippen LogP) is 2.78. The standard InChI is InChI=1S/C22H23N3O3/c1-28-18-6-2-5-17(11-18)25-22(27)20-16-8-7-15(10-16)19(20)21(26)24-13-14-4-3-9-23-12-14/h2-9,11-12,15-16,19-20H,10,13H2,1H3,(H,24,26)(H,25,27). The van der Waals surface area contributed by atoms with Crippen LogP contribution in [0.15, 0.2) is 60.9 Å². The molecular weight excluding hydrogens is 354 g/mol. The lowest BCUT2D eigenvalue weighted by Gasteiger charge is -2.26. The second-order valence-electron chi connectivity index (χ2n) is 7.30. The molecule has 4 rings (SSSR count). The molecule has 2 aromatic rings. The molecule has 4 unspecified atom stereocenters. The normalized spacial score (nSPS) is 24.8. The van der Waals surface area contributed by atoms with Crippen LogP contribution in [0.4, 0.5) is 5.69 Å². The minimum atomic E-state index is -0.366. The molecule has 2 aliphatic carbocycles. The molecule has 0 saturated heterocycles. The number of nitrogens with one attached hydrogen (secondary N) is 2. The van der Waals surface area contributed by atoms with Crippen LogP contribution >= 0.6 is 0 Å². The number of pyridine rings is 1. The van der Waals surface area contributed by atoms with E-state index in [0.29, 0.717) is 18.0 Å². The molecule has 1 aromatic carbocycles. The van der Waals surface area contributed by atoms with E-state index >= 15 is 0 Å². The van der Waals surface area contributed by atoms with E-state index in [1.54, 1.807) is 25.6 Å². The van der Waals surface area contributed by atoms with Crippen LogP contribution in [0.2, 0.25) is 0 Å². The van der Waals surface area contributed by atoms with Crippen LogP contribution in [0.25, 0.3) is 0 Å². The number of amides is 2. The van der Waals surface area contributed by atoms with Crippen molar-refractivity contribution in [1.82, 2.24) is 10.3 Å². The number of nitrogens with zero attached hydrogens (tertiary/aromatic N) is 1. The number of rotatable bonds is 6. The van der Waals surface area contributed by atoms with Crippen LogP contribution in [0.3, 0.4) is 0 Å². The highest BCUT2D eigenvalue weighted by atomic mass is 16.5. The van der Waals surface area contributed by atoms with Crippen molar-refractivity contribution in [3.63, 3.8) is 0 Å².